The minimum atomic E-state index is -4.56. The van der Waals surface area contributed by atoms with Crippen LogP contribution < -0.4 is 19.5 Å². The molecule has 1 atom stereocenters. The van der Waals surface area contributed by atoms with E-state index in [0.717, 1.165) is 12.3 Å². The number of aliphatic hydroxyl groups excluding tert-OH is 1. The summed E-state index contributed by atoms with van der Waals surface area (Å²) < 4.78 is 53.5. The highest BCUT2D eigenvalue weighted by molar-refractivity contribution is 5.46. The van der Waals surface area contributed by atoms with Crippen molar-refractivity contribution in [2.75, 3.05) is 25.3 Å². The Kier molecular flexibility index (Phi) is 4.79. The normalized spacial score (nSPS) is 14.2. The molecule has 0 spiro atoms. The molecule has 7 nitrogen and oxygen atoms in total. The molecule has 0 saturated carbocycles. The maximum absolute atomic E-state index is 12.6. The van der Waals surface area contributed by atoms with Gasteiger partial charge in [-0.3, -0.25) is 0 Å². The molecule has 134 valence electrons. The number of alkyl halides is 3. The van der Waals surface area contributed by atoms with Crippen LogP contribution in [-0.2, 0) is 6.18 Å². The van der Waals surface area contributed by atoms with Crippen molar-refractivity contribution in [3.63, 3.8) is 0 Å². The predicted octanol–water partition coefficient (Wildman–Crippen LogP) is 2.08. The molecule has 3 rings (SSSR count). The van der Waals surface area contributed by atoms with Crippen molar-refractivity contribution in [1.29, 1.82) is 0 Å². The minimum Gasteiger partial charge on any atom is -0.491 e. The van der Waals surface area contributed by atoms with Gasteiger partial charge in [-0.05, 0) is 18.2 Å². The van der Waals surface area contributed by atoms with E-state index in [-0.39, 0.29) is 25.9 Å². The first-order valence-corrected chi connectivity index (χ1v) is 7.26. The number of aromatic nitrogens is 2. The first-order valence-electron chi connectivity index (χ1n) is 7.26. The van der Waals surface area contributed by atoms with E-state index in [9.17, 15) is 18.3 Å². The molecule has 2 heterocycles. The molecule has 0 fully saturated rings. The molecule has 0 unspecified atom stereocenters. The van der Waals surface area contributed by atoms with Crippen molar-refractivity contribution < 1.29 is 32.5 Å². The van der Waals surface area contributed by atoms with Gasteiger partial charge in [0.05, 0.1) is 0 Å². The maximum Gasteiger partial charge on any atom is 0.433 e. The SMILES string of the molecule is O[C@H](CNc1nccc(C(F)(F)F)n1)COc1ccc2c(c1)OCO2. The Morgan fingerprint density at radius 2 is 2.04 bits per heavy atom. The van der Waals surface area contributed by atoms with Crippen molar-refractivity contribution in [2.24, 2.45) is 0 Å². The third-order valence-electron chi connectivity index (χ3n) is 3.23. The number of hydrogen-bond acceptors (Lipinski definition) is 7. The van der Waals surface area contributed by atoms with Crippen molar-refractivity contribution >= 4 is 5.95 Å². The molecule has 0 bridgehead atoms. The Labute approximate surface area is 140 Å². The highest BCUT2D eigenvalue weighted by atomic mass is 19.4. The fourth-order valence-corrected chi connectivity index (χ4v) is 2.03. The molecule has 0 amide bonds. The number of rotatable bonds is 6. The number of halogens is 3. The fourth-order valence-electron chi connectivity index (χ4n) is 2.03. The molecule has 0 radical (unpaired) electrons. The van der Waals surface area contributed by atoms with Crippen LogP contribution in [0.2, 0.25) is 0 Å². The number of fused-ring (bicyclic) bond motifs is 1. The lowest BCUT2D eigenvalue weighted by Gasteiger charge is -2.14. The summed E-state index contributed by atoms with van der Waals surface area (Å²) in [6.45, 7) is -0.0141. The van der Waals surface area contributed by atoms with Crippen LogP contribution in [0.1, 0.15) is 5.69 Å². The van der Waals surface area contributed by atoms with E-state index < -0.39 is 18.0 Å². The molecule has 0 saturated heterocycles. The van der Waals surface area contributed by atoms with Crippen molar-refractivity contribution in [1.82, 2.24) is 9.97 Å². The van der Waals surface area contributed by atoms with Gasteiger partial charge in [0.15, 0.2) is 11.5 Å². The molecule has 2 aromatic rings. The summed E-state index contributed by atoms with van der Waals surface area (Å²) >= 11 is 0. The summed E-state index contributed by atoms with van der Waals surface area (Å²) in [6.07, 6.45) is -4.54. The Bertz CT molecular complexity index is 742. The Balaban J connectivity index is 1.49. The number of anilines is 1. The molecule has 1 aliphatic heterocycles. The molecule has 2 N–H and O–H groups in total. The number of ether oxygens (including phenoxy) is 3. The Hall–Kier alpha value is -2.75. The smallest absolute Gasteiger partial charge is 0.433 e. The lowest BCUT2D eigenvalue weighted by Crippen LogP contribution is -2.27. The molecule has 1 aliphatic rings. The van der Waals surface area contributed by atoms with Crippen molar-refractivity contribution in [3.8, 4) is 17.2 Å². The van der Waals surface area contributed by atoms with E-state index in [1.165, 1.54) is 0 Å². The number of aliphatic hydroxyl groups is 1. The van der Waals surface area contributed by atoms with Gasteiger partial charge in [0, 0.05) is 18.8 Å². The topological polar surface area (TPSA) is 85.7 Å². The molecule has 1 aromatic carbocycles. The van der Waals surface area contributed by atoms with Crippen LogP contribution in [0.15, 0.2) is 30.5 Å². The quantitative estimate of drug-likeness (QED) is 0.819. The summed E-state index contributed by atoms with van der Waals surface area (Å²) in [5.74, 6) is 1.40. The monoisotopic (exact) mass is 357 g/mol. The van der Waals surface area contributed by atoms with Gasteiger partial charge in [-0.2, -0.15) is 13.2 Å². The molecule has 25 heavy (non-hydrogen) atoms. The molecule has 0 aliphatic carbocycles. The highest BCUT2D eigenvalue weighted by Gasteiger charge is 2.32. The second kappa shape index (κ2) is 7.01. The van der Waals surface area contributed by atoms with Crippen molar-refractivity contribution in [2.45, 2.75) is 12.3 Å². The van der Waals surface area contributed by atoms with Crippen LogP contribution in [0.5, 0.6) is 17.2 Å². The Morgan fingerprint density at radius 1 is 1.24 bits per heavy atom. The van der Waals surface area contributed by atoms with E-state index >= 15 is 0 Å². The largest absolute Gasteiger partial charge is 0.491 e. The zero-order chi connectivity index (χ0) is 17.9. The zero-order valence-electron chi connectivity index (χ0n) is 12.8. The van der Waals surface area contributed by atoms with Gasteiger partial charge in [0.1, 0.15) is 24.2 Å². The number of benzene rings is 1. The van der Waals surface area contributed by atoms with Crippen LogP contribution in [0.4, 0.5) is 19.1 Å². The molecule has 1 aromatic heterocycles. The van der Waals surface area contributed by atoms with E-state index in [2.05, 4.69) is 15.3 Å². The van der Waals surface area contributed by atoms with Crippen molar-refractivity contribution in [3.05, 3.63) is 36.2 Å². The zero-order valence-corrected chi connectivity index (χ0v) is 12.8. The van der Waals surface area contributed by atoms with Crippen LogP contribution >= 0.6 is 0 Å². The number of nitrogens with zero attached hydrogens (tertiary/aromatic N) is 2. The van der Waals surface area contributed by atoms with Gasteiger partial charge in [-0.25, -0.2) is 9.97 Å². The van der Waals surface area contributed by atoms with Gasteiger partial charge >= 0.3 is 6.18 Å². The summed E-state index contributed by atoms with van der Waals surface area (Å²) in [4.78, 5) is 7.02. The fraction of sp³-hybridized carbons (Fsp3) is 0.333. The number of nitrogens with one attached hydrogen (secondary N) is 1. The third kappa shape index (κ3) is 4.41. The van der Waals surface area contributed by atoms with E-state index in [4.69, 9.17) is 14.2 Å². The van der Waals surface area contributed by atoms with Gasteiger partial charge in [0.25, 0.3) is 0 Å². The average Bonchev–Trinajstić information content (AvgIpc) is 3.05. The molecular weight excluding hydrogens is 343 g/mol. The predicted molar refractivity (Wildman–Crippen MR) is 79.6 cm³/mol. The van der Waals surface area contributed by atoms with Gasteiger partial charge in [-0.1, -0.05) is 0 Å². The first kappa shape index (κ1) is 17.1. The maximum atomic E-state index is 12.6. The number of hydrogen-bond donors (Lipinski definition) is 2. The van der Waals surface area contributed by atoms with Crippen LogP contribution in [0.25, 0.3) is 0 Å². The van der Waals surface area contributed by atoms with Crippen LogP contribution in [0, 0.1) is 0 Å². The minimum absolute atomic E-state index is 0.0775. The second-order valence-corrected chi connectivity index (χ2v) is 5.12. The van der Waals surface area contributed by atoms with E-state index in [1.54, 1.807) is 18.2 Å². The summed E-state index contributed by atoms with van der Waals surface area (Å²) in [6, 6.07) is 5.73. The van der Waals surface area contributed by atoms with Gasteiger partial charge < -0.3 is 24.6 Å². The van der Waals surface area contributed by atoms with E-state index in [1.807, 2.05) is 0 Å². The van der Waals surface area contributed by atoms with Crippen LogP contribution in [0.3, 0.4) is 0 Å². The molecule has 10 heteroatoms. The first-order chi connectivity index (χ1) is 11.9. The summed E-state index contributed by atoms with van der Waals surface area (Å²) in [5, 5.41) is 12.4. The lowest BCUT2D eigenvalue weighted by molar-refractivity contribution is -0.141. The Morgan fingerprint density at radius 3 is 2.84 bits per heavy atom. The second-order valence-electron chi connectivity index (χ2n) is 5.12. The van der Waals surface area contributed by atoms with E-state index in [0.29, 0.717) is 17.2 Å². The van der Waals surface area contributed by atoms with Gasteiger partial charge in [0.2, 0.25) is 12.7 Å². The lowest BCUT2D eigenvalue weighted by atomic mass is 10.3. The summed E-state index contributed by atoms with van der Waals surface area (Å²) in [5.41, 5.74) is -1.06. The summed E-state index contributed by atoms with van der Waals surface area (Å²) in [7, 11) is 0. The third-order valence-corrected chi connectivity index (χ3v) is 3.23. The average molecular weight is 357 g/mol. The molecular formula is C15H14F3N3O4. The standard InChI is InChI=1S/C15H14F3N3O4/c16-15(17,18)13-3-4-19-14(21-13)20-6-9(22)7-23-10-1-2-11-12(5-10)25-8-24-11/h1-5,9,22H,6-8H2,(H,19,20,21)/t9-/m1/s1. The van der Waals surface area contributed by atoms with Crippen LogP contribution in [-0.4, -0.2) is 41.1 Å². The highest BCUT2D eigenvalue weighted by Crippen LogP contribution is 2.35. The van der Waals surface area contributed by atoms with Gasteiger partial charge in [-0.15, -0.1) is 0 Å².